The number of hydrogen-bond acceptors (Lipinski definition) is 5. The van der Waals surface area contributed by atoms with Crippen LogP contribution >= 0.6 is 22.9 Å². The van der Waals surface area contributed by atoms with Gasteiger partial charge in [-0.25, -0.2) is 4.98 Å². The molecule has 0 bridgehead atoms. The number of fused-ring (bicyclic) bond motifs is 4. The minimum absolute atomic E-state index is 0.0302. The Balaban J connectivity index is 1.54. The first-order chi connectivity index (χ1) is 13.6. The lowest BCUT2D eigenvalue weighted by atomic mass is 9.94. The van der Waals surface area contributed by atoms with Crippen LogP contribution in [0, 0.1) is 0 Å². The molecule has 2 aliphatic rings. The highest BCUT2D eigenvalue weighted by molar-refractivity contribution is 7.16. The summed E-state index contributed by atoms with van der Waals surface area (Å²) in [5, 5.41) is 8.81. The molecule has 2 aromatic heterocycles. The second-order valence-corrected chi connectivity index (χ2v) is 8.58. The zero-order valence-electron chi connectivity index (χ0n) is 15.5. The summed E-state index contributed by atoms with van der Waals surface area (Å²) < 4.78 is 5.60. The van der Waals surface area contributed by atoms with Gasteiger partial charge in [0.15, 0.2) is 0 Å². The molecule has 2 N–H and O–H groups in total. The molecule has 7 heteroatoms. The molecule has 0 radical (unpaired) electrons. The number of aryl methyl sites for hydroxylation is 1. The smallest absolute Gasteiger partial charge is 0.256 e. The lowest BCUT2D eigenvalue weighted by molar-refractivity contribution is 0.0935. The maximum absolute atomic E-state index is 12.9. The van der Waals surface area contributed by atoms with Crippen LogP contribution in [-0.2, 0) is 12.8 Å². The SMILES string of the molecule is CCOc1ccc2nc(Cl)c([C@@H]3NC(=O)c4c(sc5c4CCCC5)N3)cc2c1. The third-order valence-electron chi connectivity index (χ3n) is 5.34. The van der Waals surface area contributed by atoms with Crippen molar-refractivity contribution in [2.75, 3.05) is 11.9 Å². The second kappa shape index (κ2) is 6.94. The van der Waals surface area contributed by atoms with E-state index in [1.165, 1.54) is 16.9 Å². The van der Waals surface area contributed by atoms with Crippen molar-refractivity contribution in [1.82, 2.24) is 10.3 Å². The number of hydrogen-bond donors (Lipinski definition) is 2. The average Bonchev–Trinajstić information content (AvgIpc) is 3.07. The normalized spacial score (nSPS) is 18.2. The molecule has 3 heterocycles. The number of halogens is 1. The van der Waals surface area contributed by atoms with Crippen LogP contribution in [0.4, 0.5) is 5.00 Å². The van der Waals surface area contributed by atoms with Gasteiger partial charge in [0.25, 0.3) is 5.91 Å². The molecular formula is C21H20ClN3O2S. The summed E-state index contributed by atoms with van der Waals surface area (Å²) in [6.07, 6.45) is 3.99. The molecule has 1 amide bonds. The van der Waals surface area contributed by atoms with Crippen LogP contribution in [0.15, 0.2) is 24.3 Å². The van der Waals surface area contributed by atoms with Gasteiger partial charge in [-0.15, -0.1) is 11.3 Å². The van der Waals surface area contributed by atoms with Gasteiger partial charge in [-0.05, 0) is 62.4 Å². The number of carbonyl (C=O) groups is 1. The average molecular weight is 414 g/mol. The number of rotatable bonds is 3. The molecule has 0 saturated heterocycles. The van der Waals surface area contributed by atoms with Crippen molar-refractivity contribution in [3.05, 3.63) is 51.0 Å². The van der Waals surface area contributed by atoms with Crippen LogP contribution in [0.25, 0.3) is 10.9 Å². The van der Waals surface area contributed by atoms with Gasteiger partial charge in [0.1, 0.15) is 22.1 Å². The predicted octanol–water partition coefficient (Wildman–Crippen LogP) is 5.08. The fourth-order valence-corrected chi connectivity index (χ4v) is 5.61. The Morgan fingerprint density at radius 1 is 1.25 bits per heavy atom. The number of aromatic nitrogens is 1. The van der Waals surface area contributed by atoms with Crippen molar-refractivity contribution in [3.8, 4) is 5.75 Å². The van der Waals surface area contributed by atoms with Gasteiger partial charge in [-0.2, -0.15) is 0 Å². The van der Waals surface area contributed by atoms with Crippen LogP contribution < -0.4 is 15.4 Å². The summed E-state index contributed by atoms with van der Waals surface area (Å²) >= 11 is 8.19. The molecule has 0 spiro atoms. The van der Waals surface area contributed by atoms with E-state index < -0.39 is 6.17 Å². The van der Waals surface area contributed by atoms with Crippen molar-refractivity contribution in [1.29, 1.82) is 0 Å². The third kappa shape index (κ3) is 2.91. The summed E-state index contributed by atoms with van der Waals surface area (Å²) in [4.78, 5) is 18.7. The van der Waals surface area contributed by atoms with Gasteiger partial charge in [-0.1, -0.05) is 11.6 Å². The molecule has 0 saturated carbocycles. The summed E-state index contributed by atoms with van der Waals surface area (Å²) in [5.41, 5.74) is 3.60. The van der Waals surface area contributed by atoms with Crippen molar-refractivity contribution >= 4 is 44.7 Å². The number of amides is 1. The summed E-state index contributed by atoms with van der Waals surface area (Å²) in [6, 6.07) is 7.71. The van der Waals surface area contributed by atoms with E-state index in [9.17, 15) is 4.79 Å². The third-order valence-corrected chi connectivity index (χ3v) is 6.86. The molecule has 1 atom stereocenters. The van der Waals surface area contributed by atoms with Gasteiger partial charge < -0.3 is 15.4 Å². The first kappa shape index (κ1) is 17.8. The monoisotopic (exact) mass is 413 g/mol. The summed E-state index contributed by atoms with van der Waals surface area (Å²) in [7, 11) is 0. The van der Waals surface area contributed by atoms with E-state index in [4.69, 9.17) is 16.3 Å². The standard InChI is InChI=1S/C21H20ClN3O2S/c1-2-27-12-7-8-15-11(9-12)10-14(18(22)23-15)19-24-20(26)17-13-5-3-4-6-16(13)28-21(17)25-19/h7-10,19,25H,2-6H2,1H3,(H,24,26)/t19-/m1/s1. The number of nitrogens with zero attached hydrogens (tertiary/aromatic N) is 1. The number of anilines is 1. The Labute approximate surface area is 172 Å². The molecular weight excluding hydrogens is 394 g/mol. The molecule has 0 fully saturated rings. The van der Waals surface area contributed by atoms with Gasteiger partial charge >= 0.3 is 0 Å². The minimum Gasteiger partial charge on any atom is -0.494 e. The van der Waals surface area contributed by atoms with Gasteiger partial charge in [0, 0.05) is 15.8 Å². The zero-order valence-corrected chi connectivity index (χ0v) is 17.0. The minimum atomic E-state index is -0.403. The van der Waals surface area contributed by atoms with E-state index in [0.717, 1.165) is 52.0 Å². The largest absolute Gasteiger partial charge is 0.494 e. The zero-order chi connectivity index (χ0) is 19.3. The molecule has 1 aromatic carbocycles. The van der Waals surface area contributed by atoms with Crippen LogP contribution in [-0.4, -0.2) is 17.5 Å². The molecule has 28 heavy (non-hydrogen) atoms. The number of ether oxygens (including phenoxy) is 1. The van der Waals surface area contributed by atoms with Crippen molar-refractivity contribution in [2.24, 2.45) is 0 Å². The topological polar surface area (TPSA) is 63.2 Å². The lowest BCUT2D eigenvalue weighted by Gasteiger charge is -2.27. The summed E-state index contributed by atoms with van der Waals surface area (Å²) in [6.45, 7) is 2.56. The Hall–Kier alpha value is -2.31. The van der Waals surface area contributed by atoms with Gasteiger partial charge in [-0.3, -0.25) is 4.79 Å². The molecule has 5 rings (SSSR count). The quantitative estimate of drug-likeness (QED) is 0.587. The van der Waals surface area contributed by atoms with Gasteiger partial charge in [0.05, 0.1) is 17.7 Å². The highest BCUT2D eigenvalue weighted by Crippen LogP contribution is 2.42. The van der Waals surface area contributed by atoms with E-state index in [-0.39, 0.29) is 5.91 Å². The number of benzene rings is 1. The molecule has 3 aromatic rings. The lowest BCUT2D eigenvalue weighted by Crippen LogP contribution is -2.38. The van der Waals surface area contributed by atoms with E-state index >= 15 is 0 Å². The Morgan fingerprint density at radius 2 is 2.11 bits per heavy atom. The molecule has 0 unspecified atom stereocenters. The van der Waals surface area contributed by atoms with Crippen molar-refractivity contribution in [3.63, 3.8) is 0 Å². The molecule has 5 nitrogen and oxygen atoms in total. The fraction of sp³-hybridized carbons (Fsp3) is 0.333. The highest BCUT2D eigenvalue weighted by atomic mass is 35.5. The molecule has 1 aliphatic carbocycles. The summed E-state index contributed by atoms with van der Waals surface area (Å²) in [5.74, 6) is 0.760. The number of pyridine rings is 1. The predicted molar refractivity (Wildman–Crippen MR) is 113 cm³/mol. The van der Waals surface area contributed by atoms with Gasteiger partial charge in [0.2, 0.25) is 0 Å². The van der Waals surface area contributed by atoms with Crippen molar-refractivity contribution < 1.29 is 9.53 Å². The number of nitrogens with one attached hydrogen (secondary N) is 2. The van der Waals surface area contributed by atoms with Crippen LogP contribution in [0.3, 0.4) is 0 Å². The maximum Gasteiger partial charge on any atom is 0.256 e. The fourth-order valence-electron chi connectivity index (χ4n) is 4.04. The number of thiophene rings is 1. The van der Waals surface area contributed by atoms with E-state index in [0.29, 0.717) is 11.8 Å². The van der Waals surface area contributed by atoms with E-state index in [1.54, 1.807) is 11.3 Å². The first-order valence-electron chi connectivity index (χ1n) is 9.59. The number of carbonyl (C=O) groups excluding carboxylic acids is 1. The molecule has 1 aliphatic heterocycles. The Morgan fingerprint density at radius 3 is 2.96 bits per heavy atom. The Kier molecular flexibility index (Phi) is 4.40. The van der Waals surface area contributed by atoms with Crippen LogP contribution in [0.1, 0.15) is 52.3 Å². The second-order valence-electron chi connectivity index (χ2n) is 7.12. The molecule has 144 valence electrons. The van der Waals surface area contributed by atoms with E-state index in [1.807, 2.05) is 31.2 Å². The highest BCUT2D eigenvalue weighted by Gasteiger charge is 2.33. The van der Waals surface area contributed by atoms with Crippen LogP contribution in [0.2, 0.25) is 5.15 Å². The maximum atomic E-state index is 12.9. The first-order valence-corrected chi connectivity index (χ1v) is 10.8. The van der Waals surface area contributed by atoms with Crippen molar-refractivity contribution in [2.45, 2.75) is 38.8 Å². The van der Waals surface area contributed by atoms with Crippen LogP contribution in [0.5, 0.6) is 5.75 Å². The Bertz CT molecular complexity index is 1090. The van der Waals surface area contributed by atoms with E-state index in [2.05, 4.69) is 15.6 Å².